The molecule has 1 aliphatic heterocycles. The molecule has 1 fully saturated rings. The van der Waals surface area contributed by atoms with Crippen LogP contribution < -0.4 is 15.0 Å². The molecule has 244 valence electrons. The van der Waals surface area contributed by atoms with Crippen LogP contribution >= 0.6 is 11.6 Å². The van der Waals surface area contributed by atoms with Crippen molar-refractivity contribution in [1.82, 2.24) is 19.6 Å². The number of carbonyl (C=O) groups excluding carboxylic acids is 1. The summed E-state index contributed by atoms with van der Waals surface area (Å²) in [6.45, 7) is 1.02. The van der Waals surface area contributed by atoms with Gasteiger partial charge >= 0.3 is 6.36 Å². The predicted molar refractivity (Wildman–Crippen MR) is 160 cm³/mol. The minimum absolute atomic E-state index is 0.0872. The summed E-state index contributed by atoms with van der Waals surface area (Å²) in [5.74, 6) is -3.96. The first kappa shape index (κ1) is 33.3. The summed E-state index contributed by atoms with van der Waals surface area (Å²) in [5.41, 5.74) is 1.28. The second-order valence-corrected chi connectivity index (χ2v) is 12.7. The largest absolute Gasteiger partial charge is 0.573 e. The van der Waals surface area contributed by atoms with E-state index in [1.165, 1.54) is 37.4 Å². The highest BCUT2D eigenvalue weighted by atomic mass is 35.5. The Hall–Kier alpha value is -4.08. The highest BCUT2D eigenvalue weighted by molar-refractivity contribution is 7.89. The summed E-state index contributed by atoms with van der Waals surface area (Å²) in [4.78, 5) is 23.9. The monoisotopic (exact) mass is 683 g/mol. The average molecular weight is 684 g/mol. The van der Waals surface area contributed by atoms with E-state index in [4.69, 9.17) is 11.6 Å². The van der Waals surface area contributed by atoms with E-state index < -0.39 is 40.0 Å². The van der Waals surface area contributed by atoms with Crippen LogP contribution in [0, 0.1) is 0 Å². The molecule has 1 amide bonds. The maximum atomic E-state index is 14.0. The minimum Gasteiger partial charge on any atom is -0.406 e. The molecule has 46 heavy (non-hydrogen) atoms. The van der Waals surface area contributed by atoms with E-state index in [1.807, 2.05) is 0 Å². The predicted octanol–water partition coefficient (Wildman–Crippen LogP) is 5.88. The topological polar surface area (TPSA) is 105 Å². The van der Waals surface area contributed by atoms with Gasteiger partial charge in [-0.15, -0.1) is 13.2 Å². The fourth-order valence-electron chi connectivity index (χ4n) is 4.94. The Morgan fingerprint density at radius 3 is 2.37 bits per heavy atom. The van der Waals surface area contributed by atoms with E-state index in [0.717, 1.165) is 28.6 Å². The molecule has 4 aromatic rings. The number of carbonyl (C=O) groups is 1. The lowest BCUT2D eigenvalue weighted by Gasteiger charge is -2.40. The molecule has 9 nitrogen and oxygen atoms in total. The molecule has 1 atom stereocenters. The Labute approximate surface area is 266 Å². The third kappa shape index (κ3) is 7.32. The summed E-state index contributed by atoms with van der Waals surface area (Å²) in [6.07, 6.45) is -3.87. The number of piperazine rings is 1. The van der Waals surface area contributed by atoms with Gasteiger partial charge < -0.3 is 15.0 Å². The Balaban J connectivity index is 1.41. The maximum Gasteiger partial charge on any atom is 0.573 e. The van der Waals surface area contributed by atoms with Gasteiger partial charge in [0.1, 0.15) is 23.1 Å². The third-order valence-corrected chi connectivity index (χ3v) is 9.65. The second kappa shape index (κ2) is 13.0. The zero-order valence-corrected chi connectivity index (χ0v) is 25.7. The van der Waals surface area contributed by atoms with Crippen molar-refractivity contribution >= 4 is 44.4 Å². The van der Waals surface area contributed by atoms with Crippen molar-refractivity contribution in [3.05, 3.63) is 89.1 Å². The molecular formula is C30H27ClF5N5O4S. The molecule has 0 radical (unpaired) electrons. The lowest BCUT2D eigenvalue weighted by atomic mass is 10.0. The first-order valence-electron chi connectivity index (χ1n) is 14.0. The van der Waals surface area contributed by atoms with E-state index in [1.54, 1.807) is 23.1 Å². The van der Waals surface area contributed by atoms with Gasteiger partial charge in [0.05, 0.1) is 21.6 Å². The molecule has 1 aliphatic rings. The number of hydrogen-bond donors (Lipinski definition) is 1. The Kier molecular flexibility index (Phi) is 9.38. The summed E-state index contributed by atoms with van der Waals surface area (Å²) < 4.78 is 98.2. The average Bonchev–Trinajstić information content (AvgIpc) is 3.03. The number of nitrogens with zero attached hydrogens (tertiary/aromatic N) is 4. The van der Waals surface area contributed by atoms with Crippen LogP contribution in [0.25, 0.3) is 11.0 Å². The van der Waals surface area contributed by atoms with Crippen molar-refractivity contribution in [3.8, 4) is 5.75 Å². The summed E-state index contributed by atoms with van der Waals surface area (Å²) in [6, 6.07) is 12.8. The van der Waals surface area contributed by atoms with Gasteiger partial charge in [0, 0.05) is 38.2 Å². The van der Waals surface area contributed by atoms with Crippen LogP contribution in [0.3, 0.4) is 0 Å². The van der Waals surface area contributed by atoms with E-state index >= 15 is 0 Å². The van der Waals surface area contributed by atoms with E-state index in [-0.39, 0.29) is 43.1 Å². The molecular weight excluding hydrogens is 657 g/mol. The van der Waals surface area contributed by atoms with Gasteiger partial charge in [0.25, 0.3) is 5.92 Å². The molecule has 3 aromatic carbocycles. The highest BCUT2D eigenvalue weighted by Crippen LogP contribution is 2.32. The number of para-hydroxylation sites is 1. The highest BCUT2D eigenvalue weighted by Gasteiger charge is 2.41. The number of fused-ring (bicyclic) bond motifs is 1. The molecule has 5 rings (SSSR count). The summed E-state index contributed by atoms with van der Waals surface area (Å²) in [7, 11) is -4.40. The van der Waals surface area contributed by atoms with Gasteiger partial charge in [0.2, 0.25) is 15.9 Å². The zero-order valence-electron chi connectivity index (χ0n) is 24.1. The van der Waals surface area contributed by atoms with Gasteiger partial charge in [-0.25, -0.2) is 22.2 Å². The molecule has 2 heterocycles. The minimum atomic E-state index is -4.97. The van der Waals surface area contributed by atoms with Crippen molar-refractivity contribution in [1.29, 1.82) is 0 Å². The van der Waals surface area contributed by atoms with Crippen LogP contribution in [0.5, 0.6) is 5.75 Å². The Bertz CT molecular complexity index is 1830. The van der Waals surface area contributed by atoms with Crippen LogP contribution in [0.4, 0.5) is 27.8 Å². The van der Waals surface area contributed by atoms with Gasteiger partial charge in [-0.1, -0.05) is 48.9 Å². The van der Waals surface area contributed by atoms with Crippen molar-refractivity contribution < 1.29 is 39.9 Å². The van der Waals surface area contributed by atoms with E-state index in [2.05, 4.69) is 20.0 Å². The molecule has 1 saturated heterocycles. The Morgan fingerprint density at radius 1 is 1.02 bits per heavy atom. The van der Waals surface area contributed by atoms with Gasteiger partial charge in [0.15, 0.2) is 0 Å². The van der Waals surface area contributed by atoms with Crippen molar-refractivity contribution in [2.75, 3.05) is 24.5 Å². The van der Waals surface area contributed by atoms with Gasteiger partial charge in [-0.05, 0) is 42.0 Å². The number of ether oxygens (including phenoxy) is 1. The summed E-state index contributed by atoms with van der Waals surface area (Å²) in [5, 5.41) is 3.03. The molecule has 0 aliphatic carbocycles. The molecule has 1 N–H and O–H groups in total. The van der Waals surface area contributed by atoms with E-state index in [9.17, 15) is 35.2 Å². The first-order chi connectivity index (χ1) is 21.7. The number of aromatic nitrogens is 2. The second-order valence-electron chi connectivity index (χ2n) is 10.4. The number of alkyl halides is 5. The molecule has 0 saturated carbocycles. The SMILES string of the molecule is CCC(F)(F)c1ccc(CNC(=O)[C@H]2CN(c3cnc4cccc(Cl)c4n3)CCN2S(=O)(=O)c2ccc(OC(F)(F)F)cc2)cc1. The molecule has 16 heteroatoms. The van der Waals surface area contributed by atoms with Crippen LogP contribution in [0.15, 0.2) is 77.8 Å². The smallest absolute Gasteiger partial charge is 0.406 e. The summed E-state index contributed by atoms with van der Waals surface area (Å²) >= 11 is 6.30. The number of benzene rings is 3. The number of hydrogen-bond acceptors (Lipinski definition) is 7. The fourth-order valence-corrected chi connectivity index (χ4v) is 6.73. The number of sulfonamides is 1. The number of nitrogens with one attached hydrogen (secondary N) is 1. The number of anilines is 1. The van der Waals surface area contributed by atoms with Crippen LogP contribution in [0.1, 0.15) is 24.5 Å². The lowest BCUT2D eigenvalue weighted by Crippen LogP contribution is -2.60. The zero-order chi connectivity index (χ0) is 33.3. The van der Waals surface area contributed by atoms with Crippen molar-refractivity contribution in [3.63, 3.8) is 0 Å². The quantitative estimate of drug-likeness (QED) is 0.220. The fraction of sp³-hybridized carbons (Fsp3) is 0.300. The third-order valence-electron chi connectivity index (χ3n) is 7.42. The lowest BCUT2D eigenvalue weighted by molar-refractivity contribution is -0.274. The standard InChI is InChI=1S/C30H27ClF5N5O4S/c1-2-29(32,33)20-8-6-19(7-9-20)16-38-28(42)25-18-40(26-17-37-24-5-3-4-23(31)27(24)39-26)14-15-41(25)46(43,44)22-12-10-21(11-13-22)45-30(34,35)36/h3-13,17,25H,2,14-16,18H2,1H3,(H,38,42)/t25-/m1/s1. The van der Waals surface area contributed by atoms with Crippen LogP contribution in [-0.2, 0) is 27.3 Å². The van der Waals surface area contributed by atoms with Crippen LogP contribution in [0.2, 0.25) is 5.02 Å². The molecule has 0 spiro atoms. The molecule has 0 unspecified atom stereocenters. The number of rotatable bonds is 9. The maximum absolute atomic E-state index is 14.0. The van der Waals surface area contributed by atoms with E-state index in [0.29, 0.717) is 27.4 Å². The number of amides is 1. The van der Waals surface area contributed by atoms with Crippen molar-refractivity contribution in [2.45, 2.75) is 43.1 Å². The van der Waals surface area contributed by atoms with Gasteiger partial charge in [-0.2, -0.15) is 4.31 Å². The molecule has 1 aromatic heterocycles. The normalized spacial score (nSPS) is 16.4. The molecule has 0 bridgehead atoms. The van der Waals surface area contributed by atoms with Crippen LogP contribution in [-0.4, -0.2) is 60.6 Å². The first-order valence-corrected chi connectivity index (χ1v) is 15.8. The van der Waals surface area contributed by atoms with Crippen molar-refractivity contribution in [2.24, 2.45) is 0 Å². The van der Waals surface area contributed by atoms with Gasteiger partial charge in [-0.3, -0.25) is 9.78 Å². The Morgan fingerprint density at radius 2 is 1.72 bits per heavy atom. The number of halogens is 6.